The Morgan fingerprint density at radius 1 is 0.829 bits per heavy atom. The van der Waals surface area contributed by atoms with Crippen molar-refractivity contribution < 1.29 is 0 Å². The van der Waals surface area contributed by atoms with Gasteiger partial charge in [0.2, 0.25) is 0 Å². The Labute approximate surface area is 212 Å². The van der Waals surface area contributed by atoms with Gasteiger partial charge < -0.3 is 4.90 Å². The molecule has 0 saturated heterocycles. The second-order valence-corrected chi connectivity index (χ2v) is 9.43. The Balaban J connectivity index is 1.75. The summed E-state index contributed by atoms with van der Waals surface area (Å²) in [4.78, 5) is 12.9. The molecule has 4 aromatic carbocycles. The molecule has 4 aromatic rings. The molecule has 0 spiro atoms. The zero-order valence-electron chi connectivity index (χ0n) is 20.2. The SMILES string of the molecule is CC(=Nc1ccc(C)cc1)C1(c2ccccc2)N=C(c2ccccc2)N(c2ccc(Cl)cc2)C1C. The molecule has 2 unspecified atom stereocenters. The highest BCUT2D eigenvalue weighted by atomic mass is 35.5. The third-order valence-corrected chi connectivity index (χ3v) is 6.99. The monoisotopic (exact) mass is 477 g/mol. The number of aryl methyl sites for hydroxylation is 1. The van der Waals surface area contributed by atoms with Crippen molar-refractivity contribution in [2.24, 2.45) is 9.98 Å². The highest BCUT2D eigenvalue weighted by Gasteiger charge is 2.50. The average molecular weight is 478 g/mol. The zero-order valence-corrected chi connectivity index (χ0v) is 20.9. The Bertz CT molecular complexity index is 1360. The van der Waals surface area contributed by atoms with Crippen LogP contribution in [0.1, 0.15) is 30.5 Å². The molecule has 35 heavy (non-hydrogen) atoms. The fourth-order valence-electron chi connectivity index (χ4n) is 4.91. The third-order valence-electron chi connectivity index (χ3n) is 6.74. The maximum Gasteiger partial charge on any atom is 0.146 e. The quantitative estimate of drug-likeness (QED) is 0.267. The van der Waals surface area contributed by atoms with Crippen molar-refractivity contribution in [3.63, 3.8) is 0 Å². The van der Waals surface area contributed by atoms with Crippen molar-refractivity contribution >= 4 is 34.5 Å². The number of rotatable bonds is 5. The van der Waals surface area contributed by atoms with Crippen LogP contribution in [0.15, 0.2) is 119 Å². The summed E-state index contributed by atoms with van der Waals surface area (Å²) >= 11 is 6.24. The minimum absolute atomic E-state index is 0.0320. The lowest BCUT2D eigenvalue weighted by atomic mass is 9.80. The van der Waals surface area contributed by atoms with E-state index in [0.29, 0.717) is 5.02 Å². The summed E-state index contributed by atoms with van der Waals surface area (Å²) < 4.78 is 0. The van der Waals surface area contributed by atoms with E-state index in [0.717, 1.165) is 34.0 Å². The van der Waals surface area contributed by atoms with E-state index in [-0.39, 0.29) is 6.04 Å². The van der Waals surface area contributed by atoms with Gasteiger partial charge in [0.15, 0.2) is 0 Å². The number of hydrogen-bond donors (Lipinski definition) is 0. The average Bonchev–Trinajstić information content (AvgIpc) is 3.21. The summed E-state index contributed by atoms with van der Waals surface area (Å²) in [6.45, 7) is 6.42. The van der Waals surface area contributed by atoms with Gasteiger partial charge in [0.1, 0.15) is 11.4 Å². The van der Waals surface area contributed by atoms with E-state index in [2.05, 4.69) is 111 Å². The number of aliphatic imine (C=N–C) groups is 2. The van der Waals surface area contributed by atoms with Gasteiger partial charge in [-0.05, 0) is 62.7 Å². The molecule has 0 radical (unpaired) electrons. The molecule has 0 bridgehead atoms. The Morgan fingerprint density at radius 3 is 2.06 bits per heavy atom. The second kappa shape index (κ2) is 9.52. The first-order chi connectivity index (χ1) is 17.0. The Hall–Kier alpha value is -3.69. The van der Waals surface area contributed by atoms with E-state index in [4.69, 9.17) is 21.6 Å². The van der Waals surface area contributed by atoms with Crippen LogP contribution in [0.2, 0.25) is 5.02 Å². The molecule has 174 valence electrons. The van der Waals surface area contributed by atoms with Gasteiger partial charge in [0, 0.05) is 22.0 Å². The number of hydrogen-bond acceptors (Lipinski definition) is 3. The Kier molecular flexibility index (Phi) is 6.27. The predicted molar refractivity (Wildman–Crippen MR) is 148 cm³/mol. The standard InChI is InChI=1S/C31H28ClN3/c1-22-14-18-28(19-15-22)33-23(2)31(26-12-8-5-9-13-26)24(3)35(29-20-16-27(32)17-21-29)30(34-31)25-10-6-4-7-11-25/h4-21,24H,1-3H3. The van der Waals surface area contributed by atoms with Crippen LogP contribution in [-0.4, -0.2) is 17.6 Å². The lowest BCUT2D eigenvalue weighted by Crippen LogP contribution is -2.47. The van der Waals surface area contributed by atoms with Crippen LogP contribution in [0.4, 0.5) is 11.4 Å². The van der Waals surface area contributed by atoms with E-state index in [1.54, 1.807) is 0 Å². The lowest BCUT2D eigenvalue weighted by Gasteiger charge is -2.36. The number of amidine groups is 1. The summed E-state index contributed by atoms with van der Waals surface area (Å²) in [5.41, 5.74) is 5.65. The van der Waals surface area contributed by atoms with E-state index in [9.17, 15) is 0 Å². The molecule has 5 rings (SSSR count). The first-order valence-electron chi connectivity index (χ1n) is 11.9. The van der Waals surface area contributed by atoms with Crippen LogP contribution in [0.3, 0.4) is 0 Å². The number of halogens is 1. The predicted octanol–water partition coefficient (Wildman–Crippen LogP) is 7.99. The van der Waals surface area contributed by atoms with Crippen LogP contribution >= 0.6 is 11.6 Å². The van der Waals surface area contributed by atoms with Gasteiger partial charge >= 0.3 is 0 Å². The van der Waals surface area contributed by atoms with E-state index >= 15 is 0 Å². The van der Waals surface area contributed by atoms with Crippen molar-refractivity contribution in [2.75, 3.05) is 4.90 Å². The summed E-state index contributed by atoms with van der Waals surface area (Å²) in [6.07, 6.45) is 0. The molecular weight excluding hydrogens is 450 g/mol. The van der Waals surface area contributed by atoms with Crippen molar-refractivity contribution in [3.8, 4) is 0 Å². The molecule has 0 saturated carbocycles. The molecule has 0 amide bonds. The van der Waals surface area contributed by atoms with Crippen LogP contribution in [0, 0.1) is 6.92 Å². The molecular formula is C31H28ClN3. The molecule has 1 aliphatic heterocycles. The largest absolute Gasteiger partial charge is 0.320 e. The third kappa shape index (κ3) is 4.28. The van der Waals surface area contributed by atoms with Gasteiger partial charge in [-0.25, -0.2) is 4.99 Å². The first kappa shape index (κ1) is 23.1. The van der Waals surface area contributed by atoms with Crippen molar-refractivity contribution in [1.82, 2.24) is 0 Å². The van der Waals surface area contributed by atoms with Gasteiger partial charge in [0.05, 0.1) is 11.7 Å². The van der Waals surface area contributed by atoms with Gasteiger partial charge in [-0.1, -0.05) is 90.0 Å². The molecule has 0 N–H and O–H groups in total. The zero-order chi connectivity index (χ0) is 24.4. The van der Waals surface area contributed by atoms with Crippen LogP contribution < -0.4 is 4.90 Å². The molecule has 0 aromatic heterocycles. The Morgan fingerprint density at radius 2 is 1.43 bits per heavy atom. The lowest BCUT2D eigenvalue weighted by molar-refractivity contribution is 0.528. The fraction of sp³-hybridized carbons (Fsp3) is 0.161. The molecule has 1 aliphatic rings. The minimum Gasteiger partial charge on any atom is -0.320 e. The summed E-state index contributed by atoms with van der Waals surface area (Å²) in [7, 11) is 0. The summed E-state index contributed by atoms with van der Waals surface area (Å²) in [5, 5.41) is 0.713. The van der Waals surface area contributed by atoms with Gasteiger partial charge in [0.25, 0.3) is 0 Å². The summed E-state index contributed by atoms with van der Waals surface area (Å²) in [6, 6.07) is 37.1. The van der Waals surface area contributed by atoms with Crippen LogP contribution in [0.25, 0.3) is 0 Å². The number of benzene rings is 4. The van der Waals surface area contributed by atoms with Gasteiger partial charge in [-0.2, -0.15) is 0 Å². The maximum atomic E-state index is 6.24. The molecule has 0 fully saturated rings. The molecule has 3 nitrogen and oxygen atoms in total. The van der Waals surface area contributed by atoms with Crippen LogP contribution in [0.5, 0.6) is 0 Å². The minimum atomic E-state index is -0.670. The normalized spacial score (nSPS) is 20.1. The van der Waals surface area contributed by atoms with Crippen molar-refractivity contribution in [3.05, 3.63) is 131 Å². The van der Waals surface area contributed by atoms with Crippen molar-refractivity contribution in [1.29, 1.82) is 0 Å². The molecule has 4 heteroatoms. The second-order valence-electron chi connectivity index (χ2n) is 8.99. The van der Waals surface area contributed by atoms with Gasteiger partial charge in [-0.15, -0.1) is 0 Å². The first-order valence-corrected chi connectivity index (χ1v) is 12.2. The van der Waals surface area contributed by atoms with E-state index in [1.807, 2.05) is 24.3 Å². The number of anilines is 1. The molecule has 2 atom stereocenters. The highest BCUT2D eigenvalue weighted by Crippen LogP contribution is 2.43. The van der Waals surface area contributed by atoms with E-state index in [1.165, 1.54) is 5.56 Å². The summed E-state index contributed by atoms with van der Waals surface area (Å²) in [5.74, 6) is 0.919. The van der Waals surface area contributed by atoms with Crippen LogP contribution in [-0.2, 0) is 5.54 Å². The molecule has 1 heterocycles. The fourth-order valence-corrected chi connectivity index (χ4v) is 5.04. The molecule has 0 aliphatic carbocycles. The highest BCUT2D eigenvalue weighted by molar-refractivity contribution is 6.30. The smallest absolute Gasteiger partial charge is 0.146 e. The maximum absolute atomic E-state index is 6.24. The topological polar surface area (TPSA) is 28.0 Å². The number of nitrogens with zero attached hydrogens (tertiary/aromatic N) is 3. The van der Waals surface area contributed by atoms with Crippen molar-refractivity contribution in [2.45, 2.75) is 32.4 Å². The van der Waals surface area contributed by atoms with E-state index < -0.39 is 5.54 Å². The van der Waals surface area contributed by atoms with Gasteiger partial charge in [-0.3, -0.25) is 4.99 Å².